The lowest BCUT2D eigenvalue weighted by Crippen LogP contribution is -2.27. The molecule has 1 aromatic carbocycles. The van der Waals surface area contributed by atoms with E-state index < -0.39 is 27.1 Å². The summed E-state index contributed by atoms with van der Waals surface area (Å²) in [4.78, 5) is 33.6. The first kappa shape index (κ1) is 13.9. The molecule has 9 nitrogen and oxygen atoms in total. The Hall–Kier alpha value is -2.55. The van der Waals surface area contributed by atoms with Crippen molar-refractivity contribution >= 4 is 23.0 Å². The standard InChI is InChI=1S/C11H12N4O5/c12-5-7-4-10(16)13(6-7)11-8(14(17)18)2-1-3-9(11)15(19)20/h1-3,7H,4-6,12H2. The van der Waals surface area contributed by atoms with Gasteiger partial charge >= 0.3 is 0 Å². The van der Waals surface area contributed by atoms with Gasteiger partial charge in [0.1, 0.15) is 0 Å². The molecule has 2 N–H and O–H groups in total. The van der Waals surface area contributed by atoms with Gasteiger partial charge in [-0.05, 0) is 18.5 Å². The summed E-state index contributed by atoms with van der Waals surface area (Å²) in [7, 11) is 0. The average molecular weight is 280 g/mol. The fourth-order valence-corrected chi connectivity index (χ4v) is 2.25. The van der Waals surface area contributed by atoms with E-state index in [1.807, 2.05) is 0 Å². The Labute approximate surface area is 113 Å². The molecule has 0 saturated carbocycles. The molecular formula is C11H12N4O5. The van der Waals surface area contributed by atoms with Crippen LogP contribution in [0.15, 0.2) is 18.2 Å². The van der Waals surface area contributed by atoms with E-state index in [0.29, 0.717) is 0 Å². The number of carbonyl (C=O) groups is 1. The number of hydrogen-bond acceptors (Lipinski definition) is 6. The second-order valence-electron chi connectivity index (χ2n) is 4.47. The molecule has 106 valence electrons. The maximum atomic E-state index is 11.9. The topological polar surface area (TPSA) is 133 Å². The quantitative estimate of drug-likeness (QED) is 0.641. The van der Waals surface area contributed by atoms with Crippen molar-refractivity contribution in [2.45, 2.75) is 6.42 Å². The van der Waals surface area contributed by atoms with Crippen molar-refractivity contribution in [1.29, 1.82) is 0 Å². The number of nitro benzene ring substituents is 2. The Morgan fingerprint density at radius 3 is 2.20 bits per heavy atom. The summed E-state index contributed by atoms with van der Waals surface area (Å²) in [5, 5.41) is 22.1. The number of rotatable bonds is 4. The third kappa shape index (κ3) is 2.30. The molecule has 0 radical (unpaired) electrons. The van der Waals surface area contributed by atoms with Gasteiger partial charge in [-0.3, -0.25) is 25.0 Å². The molecule has 20 heavy (non-hydrogen) atoms. The Balaban J connectivity index is 2.56. The maximum absolute atomic E-state index is 11.9. The normalized spacial score (nSPS) is 18.4. The maximum Gasteiger partial charge on any atom is 0.300 e. The number of benzene rings is 1. The van der Waals surface area contributed by atoms with Gasteiger partial charge in [0.05, 0.1) is 9.85 Å². The molecule has 1 amide bonds. The predicted octanol–water partition coefficient (Wildman–Crippen LogP) is 0.815. The van der Waals surface area contributed by atoms with E-state index in [0.717, 1.165) is 17.0 Å². The van der Waals surface area contributed by atoms with E-state index in [9.17, 15) is 25.0 Å². The summed E-state index contributed by atoms with van der Waals surface area (Å²) in [6.45, 7) is 0.400. The average Bonchev–Trinajstić information content (AvgIpc) is 2.78. The molecule has 1 unspecified atom stereocenters. The van der Waals surface area contributed by atoms with Crippen LogP contribution in [-0.4, -0.2) is 28.8 Å². The number of nitro groups is 2. The molecule has 0 aliphatic carbocycles. The van der Waals surface area contributed by atoms with Crippen LogP contribution in [-0.2, 0) is 4.79 Å². The van der Waals surface area contributed by atoms with E-state index >= 15 is 0 Å². The minimum atomic E-state index is -0.731. The van der Waals surface area contributed by atoms with Gasteiger partial charge in [-0.2, -0.15) is 0 Å². The van der Waals surface area contributed by atoms with Crippen LogP contribution >= 0.6 is 0 Å². The summed E-state index contributed by atoms with van der Waals surface area (Å²) in [5.41, 5.74) is 4.32. The van der Waals surface area contributed by atoms with Crippen LogP contribution in [0.3, 0.4) is 0 Å². The molecule has 1 aliphatic rings. The molecule has 0 aromatic heterocycles. The molecule has 9 heteroatoms. The number of para-hydroxylation sites is 1. The Kier molecular flexibility index (Phi) is 3.61. The fourth-order valence-electron chi connectivity index (χ4n) is 2.25. The summed E-state index contributed by atoms with van der Waals surface area (Å²) in [6, 6.07) is 3.51. The van der Waals surface area contributed by atoms with Gasteiger partial charge in [-0.15, -0.1) is 0 Å². The van der Waals surface area contributed by atoms with Crippen LogP contribution in [0.2, 0.25) is 0 Å². The summed E-state index contributed by atoms with van der Waals surface area (Å²) in [5.74, 6) is -0.542. The minimum absolute atomic E-state index is 0.139. The SMILES string of the molecule is NCC1CC(=O)N(c2c([N+](=O)[O-])cccc2[N+](=O)[O-])C1. The van der Waals surface area contributed by atoms with Gasteiger partial charge in [0.2, 0.25) is 11.6 Å². The Bertz CT molecular complexity index is 556. The molecule has 1 heterocycles. The first-order valence-electron chi connectivity index (χ1n) is 5.88. The van der Waals surface area contributed by atoms with Crippen LogP contribution in [0.25, 0.3) is 0 Å². The van der Waals surface area contributed by atoms with Gasteiger partial charge in [0.25, 0.3) is 11.4 Å². The van der Waals surface area contributed by atoms with Crippen molar-refractivity contribution < 1.29 is 14.6 Å². The van der Waals surface area contributed by atoms with Crippen LogP contribution in [0, 0.1) is 26.1 Å². The highest BCUT2D eigenvalue weighted by molar-refractivity contribution is 6.00. The van der Waals surface area contributed by atoms with Crippen molar-refractivity contribution in [3.8, 4) is 0 Å². The van der Waals surface area contributed by atoms with E-state index in [2.05, 4.69) is 0 Å². The molecule has 0 spiro atoms. The zero-order chi connectivity index (χ0) is 14.9. The molecular weight excluding hydrogens is 268 g/mol. The van der Waals surface area contributed by atoms with E-state index in [-0.39, 0.29) is 31.1 Å². The van der Waals surface area contributed by atoms with Crippen LogP contribution in [0.5, 0.6) is 0 Å². The summed E-state index contributed by atoms with van der Waals surface area (Å²) in [6.07, 6.45) is 0.139. The zero-order valence-corrected chi connectivity index (χ0v) is 10.4. The third-order valence-electron chi connectivity index (χ3n) is 3.20. The monoisotopic (exact) mass is 280 g/mol. The summed E-state index contributed by atoms with van der Waals surface area (Å²) < 4.78 is 0. The minimum Gasteiger partial charge on any atom is -0.330 e. The van der Waals surface area contributed by atoms with Gasteiger partial charge in [0, 0.05) is 25.1 Å². The fraction of sp³-hybridized carbons (Fsp3) is 0.364. The molecule has 0 bridgehead atoms. The molecule has 1 saturated heterocycles. The Morgan fingerprint density at radius 1 is 1.25 bits per heavy atom. The van der Waals surface area contributed by atoms with Gasteiger partial charge < -0.3 is 10.6 Å². The summed E-state index contributed by atoms with van der Waals surface area (Å²) >= 11 is 0. The van der Waals surface area contributed by atoms with Crippen LogP contribution in [0.1, 0.15) is 6.42 Å². The van der Waals surface area contributed by atoms with Gasteiger partial charge in [-0.25, -0.2) is 0 Å². The predicted molar refractivity (Wildman–Crippen MR) is 69.3 cm³/mol. The third-order valence-corrected chi connectivity index (χ3v) is 3.20. The first-order chi connectivity index (χ1) is 9.45. The zero-order valence-electron chi connectivity index (χ0n) is 10.4. The lowest BCUT2D eigenvalue weighted by Gasteiger charge is -2.16. The number of nitrogens with two attached hydrogens (primary N) is 1. The van der Waals surface area contributed by atoms with Crippen LogP contribution in [0.4, 0.5) is 17.1 Å². The van der Waals surface area contributed by atoms with Crippen molar-refractivity contribution in [2.24, 2.45) is 11.7 Å². The van der Waals surface area contributed by atoms with Crippen LogP contribution < -0.4 is 10.6 Å². The molecule has 1 atom stereocenters. The second kappa shape index (κ2) is 5.21. The van der Waals surface area contributed by atoms with E-state index in [1.165, 1.54) is 6.07 Å². The van der Waals surface area contributed by atoms with Gasteiger partial charge in [0.15, 0.2) is 0 Å². The highest BCUT2D eigenvalue weighted by atomic mass is 16.6. The lowest BCUT2D eigenvalue weighted by atomic mass is 10.1. The van der Waals surface area contributed by atoms with Crippen molar-refractivity contribution in [3.63, 3.8) is 0 Å². The van der Waals surface area contributed by atoms with Crippen molar-refractivity contribution in [3.05, 3.63) is 38.4 Å². The lowest BCUT2D eigenvalue weighted by molar-refractivity contribution is -0.392. The van der Waals surface area contributed by atoms with E-state index in [1.54, 1.807) is 0 Å². The van der Waals surface area contributed by atoms with Crippen molar-refractivity contribution in [1.82, 2.24) is 0 Å². The number of anilines is 1. The highest BCUT2D eigenvalue weighted by Crippen LogP contribution is 2.39. The number of hydrogen-bond donors (Lipinski definition) is 1. The first-order valence-corrected chi connectivity index (χ1v) is 5.88. The van der Waals surface area contributed by atoms with E-state index in [4.69, 9.17) is 5.73 Å². The van der Waals surface area contributed by atoms with Gasteiger partial charge in [-0.1, -0.05) is 0 Å². The molecule has 1 fully saturated rings. The molecule has 2 rings (SSSR count). The highest BCUT2D eigenvalue weighted by Gasteiger charge is 2.38. The Morgan fingerprint density at radius 2 is 1.80 bits per heavy atom. The molecule has 1 aromatic rings. The van der Waals surface area contributed by atoms with Crippen molar-refractivity contribution in [2.75, 3.05) is 18.0 Å². The largest absolute Gasteiger partial charge is 0.330 e. The number of nitrogens with zero attached hydrogens (tertiary/aromatic N) is 3. The number of amides is 1. The second-order valence-corrected chi connectivity index (χ2v) is 4.47. The number of carbonyl (C=O) groups excluding carboxylic acids is 1. The molecule has 1 aliphatic heterocycles. The smallest absolute Gasteiger partial charge is 0.300 e.